The number of nitrogens with one attached hydrogen (secondary N) is 1. The van der Waals surface area contributed by atoms with Crippen molar-refractivity contribution in [3.8, 4) is 11.5 Å². The van der Waals surface area contributed by atoms with Crippen LogP contribution in [0.2, 0.25) is 0 Å². The Morgan fingerprint density at radius 1 is 1.41 bits per heavy atom. The third kappa shape index (κ3) is 2.36. The minimum absolute atomic E-state index is 0.0733. The fourth-order valence-electron chi connectivity index (χ4n) is 1.56. The summed E-state index contributed by atoms with van der Waals surface area (Å²) < 4.78 is 0. The first-order valence-corrected chi connectivity index (χ1v) is 5.19. The van der Waals surface area contributed by atoms with E-state index >= 15 is 0 Å². The van der Waals surface area contributed by atoms with E-state index in [9.17, 15) is 4.79 Å². The van der Waals surface area contributed by atoms with E-state index in [1.165, 1.54) is 12.4 Å². The highest BCUT2D eigenvalue weighted by atomic mass is 16.3. The lowest BCUT2D eigenvalue weighted by Crippen LogP contribution is -2.18. The molecule has 0 aromatic carbocycles. The molecule has 2 aromatic heterocycles. The molecule has 0 aliphatic rings. The van der Waals surface area contributed by atoms with Gasteiger partial charge < -0.3 is 10.1 Å². The highest BCUT2D eigenvalue weighted by Crippen LogP contribution is 2.09. The molecule has 0 unspecified atom stereocenters. The summed E-state index contributed by atoms with van der Waals surface area (Å²) in [5.74, 6) is 0.391. The van der Waals surface area contributed by atoms with Crippen LogP contribution in [-0.4, -0.2) is 31.6 Å². The topological polar surface area (TPSA) is 91.8 Å². The summed E-state index contributed by atoms with van der Waals surface area (Å²) in [4.78, 5) is 26.6. The molecule has 0 fully saturated rings. The molecular weight excluding hydrogens is 220 g/mol. The average molecular weight is 232 g/mol. The summed E-state index contributed by atoms with van der Waals surface area (Å²) in [5.41, 5.74) is 1.37. The molecule has 0 saturated carbocycles. The third-order valence-electron chi connectivity index (χ3n) is 2.39. The molecule has 0 atom stereocenters. The lowest BCUT2D eigenvalue weighted by atomic mass is 10.2. The van der Waals surface area contributed by atoms with Gasteiger partial charge in [-0.05, 0) is 6.92 Å². The van der Waals surface area contributed by atoms with E-state index in [0.717, 1.165) is 0 Å². The Kier molecular flexibility index (Phi) is 3.24. The fourth-order valence-corrected chi connectivity index (χ4v) is 1.56. The minimum Gasteiger partial charge on any atom is -0.396 e. The van der Waals surface area contributed by atoms with Crippen molar-refractivity contribution in [2.45, 2.75) is 13.3 Å². The van der Waals surface area contributed by atoms with Crippen molar-refractivity contribution in [1.82, 2.24) is 19.9 Å². The first kappa shape index (κ1) is 11.4. The highest BCUT2D eigenvalue weighted by Gasteiger charge is 2.09. The van der Waals surface area contributed by atoms with E-state index in [2.05, 4.69) is 19.9 Å². The maximum absolute atomic E-state index is 11.8. The molecule has 0 bridgehead atoms. The molecule has 17 heavy (non-hydrogen) atoms. The van der Waals surface area contributed by atoms with Crippen LogP contribution in [-0.2, 0) is 6.42 Å². The van der Waals surface area contributed by atoms with Crippen molar-refractivity contribution in [1.29, 1.82) is 0 Å². The largest absolute Gasteiger partial charge is 0.396 e. The molecule has 88 valence electrons. The number of aliphatic hydroxyl groups excluding tert-OH is 1. The number of nitrogens with zero attached hydrogens (tertiary/aromatic N) is 3. The zero-order valence-corrected chi connectivity index (χ0v) is 9.34. The summed E-state index contributed by atoms with van der Waals surface area (Å²) in [6.45, 7) is 1.66. The summed E-state index contributed by atoms with van der Waals surface area (Å²) >= 11 is 0. The molecule has 2 N–H and O–H groups in total. The van der Waals surface area contributed by atoms with Gasteiger partial charge in [-0.3, -0.25) is 9.78 Å². The number of aliphatic hydroxyl groups is 1. The molecule has 0 spiro atoms. The Labute approximate surface area is 97.4 Å². The number of aromatic amines is 1. The van der Waals surface area contributed by atoms with Crippen LogP contribution in [0, 0.1) is 6.92 Å². The van der Waals surface area contributed by atoms with Crippen LogP contribution in [0.3, 0.4) is 0 Å². The van der Waals surface area contributed by atoms with Crippen LogP contribution in [0.1, 0.15) is 11.3 Å². The van der Waals surface area contributed by atoms with Crippen LogP contribution in [0.25, 0.3) is 11.5 Å². The van der Waals surface area contributed by atoms with Crippen LogP contribution in [0.4, 0.5) is 0 Å². The van der Waals surface area contributed by atoms with Crippen molar-refractivity contribution in [3.05, 3.63) is 40.2 Å². The molecule has 0 aliphatic carbocycles. The number of H-pyrrole nitrogens is 1. The second-order valence-corrected chi connectivity index (χ2v) is 3.54. The first-order chi connectivity index (χ1) is 8.22. The van der Waals surface area contributed by atoms with Gasteiger partial charge in [0.2, 0.25) is 0 Å². The zero-order chi connectivity index (χ0) is 12.3. The van der Waals surface area contributed by atoms with Gasteiger partial charge in [0.25, 0.3) is 5.56 Å². The van der Waals surface area contributed by atoms with E-state index in [0.29, 0.717) is 29.2 Å². The molecule has 0 aliphatic heterocycles. The fraction of sp³-hybridized carbons (Fsp3) is 0.273. The van der Waals surface area contributed by atoms with E-state index < -0.39 is 0 Å². The van der Waals surface area contributed by atoms with Crippen molar-refractivity contribution in [2.75, 3.05) is 6.61 Å². The van der Waals surface area contributed by atoms with Crippen LogP contribution in [0.15, 0.2) is 23.4 Å². The van der Waals surface area contributed by atoms with Gasteiger partial charge in [-0.2, -0.15) is 0 Å². The second kappa shape index (κ2) is 4.84. The predicted molar refractivity (Wildman–Crippen MR) is 61.4 cm³/mol. The van der Waals surface area contributed by atoms with Gasteiger partial charge >= 0.3 is 0 Å². The number of aryl methyl sites for hydroxylation is 1. The van der Waals surface area contributed by atoms with E-state index in [1.54, 1.807) is 13.1 Å². The maximum atomic E-state index is 11.8. The molecule has 6 heteroatoms. The monoisotopic (exact) mass is 232 g/mol. The summed E-state index contributed by atoms with van der Waals surface area (Å²) in [6, 6.07) is 0. The molecular formula is C11H12N4O2. The van der Waals surface area contributed by atoms with E-state index in [4.69, 9.17) is 5.11 Å². The first-order valence-electron chi connectivity index (χ1n) is 5.19. The van der Waals surface area contributed by atoms with Crippen LogP contribution in [0.5, 0.6) is 0 Å². The van der Waals surface area contributed by atoms with Gasteiger partial charge in [0.05, 0.1) is 6.20 Å². The van der Waals surface area contributed by atoms with Crippen molar-refractivity contribution in [2.24, 2.45) is 0 Å². The number of rotatable bonds is 3. The van der Waals surface area contributed by atoms with Gasteiger partial charge in [-0.1, -0.05) is 0 Å². The van der Waals surface area contributed by atoms with Gasteiger partial charge in [0.1, 0.15) is 5.69 Å². The molecule has 2 rings (SSSR count). The molecule has 6 nitrogen and oxygen atoms in total. The lowest BCUT2D eigenvalue weighted by Gasteiger charge is -2.05. The van der Waals surface area contributed by atoms with Crippen molar-refractivity contribution >= 4 is 0 Å². The van der Waals surface area contributed by atoms with Crippen molar-refractivity contribution in [3.63, 3.8) is 0 Å². The Morgan fingerprint density at radius 2 is 2.24 bits per heavy atom. The summed E-state index contributed by atoms with van der Waals surface area (Å²) in [7, 11) is 0. The number of hydrogen-bond donors (Lipinski definition) is 2. The van der Waals surface area contributed by atoms with Gasteiger partial charge in [-0.25, -0.2) is 9.97 Å². The van der Waals surface area contributed by atoms with E-state index in [1.807, 2.05) is 0 Å². The van der Waals surface area contributed by atoms with Crippen LogP contribution >= 0.6 is 0 Å². The minimum atomic E-state index is -0.243. The summed E-state index contributed by atoms with van der Waals surface area (Å²) in [5, 5.41) is 8.85. The Hall–Kier alpha value is -2.08. The Bertz CT molecular complexity index is 565. The Balaban J connectivity index is 2.50. The van der Waals surface area contributed by atoms with Gasteiger partial charge in [0.15, 0.2) is 5.82 Å². The van der Waals surface area contributed by atoms with E-state index in [-0.39, 0.29) is 12.2 Å². The second-order valence-electron chi connectivity index (χ2n) is 3.54. The maximum Gasteiger partial charge on any atom is 0.254 e. The normalized spacial score (nSPS) is 10.5. The standard InChI is InChI=1S/C11H12N4O2/c1-7-8(2-5-16)11(17)15-10(14-7)9-6-12-3-4-13-9/h3-4,6,16H,2,5H2,1H3,(H,14,15,17). The highest BCUT2D eigenvalue weighted by molar-refractivity contribution is 5.47. The average Bonchev–Trinajstić information content (AvgIpc) is 2.35. The van der Waals surface area contributed by atoms with Gasteiger partial charge in [0, 0.05) is 36.7 Å². The third-order valence-corrected chi connectivity index (χ3v) is 2.39. The van der Waals surface area contributed by atoms with Crippen molar-refractivity contribution < 1.29 is 5.11 Å². The quantitative estimate of drug-likeness (QED) is 0.781. The zero-order valence-electron chi connectivity index (χ0n) is 9.34. The predicted octanol–water partition coefficient (Wildman–Crippen LogP) is 0.0701. The molecule has 0 amide bonds. The molecule has 2 aromatic rings. The number of hydrogen-bond acceptors (Lipinski definition) is 5. The molecule has 2 heterocycles. The summed E-state index contributed by atoms with van der Waals surface area (Å²) in [6.07, 6.45) is 4.92. The molecule has 0 radical (unpaired) electrons. The smallest absolute Gasteiger partial charge is 0.254 e. The molecule has 0 saturated heterocycles. The van der Waals surface area contributed by atoms with Crippen LogP contribution < -0.4 is 5.56 Å². The Morgan fingerprint density at radius 3 is 2.82 bits per heavy atom. The lowest BCUT2D eigenvalue weighted by molar-refractivity contribution is 0.298. The number of aromatic nitrogens is 4. The van der Waals surface area contributed by atoms with Gasteiger partial charge in [-0.15, -0.1) is 0 Å². The SMILES string of the molecule is Cc1nc(-c2cnccn2)[nH]c(=O)c1CCO.